The molecule has 1 fully saturated rings. The number of rotatable bonds is 4. The highest BCUT2D eigenvalue weighted by Crippen LogP contribution is 2.63. The second-order valence-electron chi connectivity index (χ2n) is 9.40. The van der Waals surface area contributed by atoms with Crippen molar-refractivity contribution in [2.75, 3.05) is 0 Å². The van der Waals surface area contributed by atoms with E-state index in [2.05, 4.69) is 69.4 Å². The van der Waals surface area contributed by atoms with Crippen molar-refractivity contribution in [2.45, 2.75) is 84.6 Å². The Morgan fingerprint density at radius 1 is 1.07 bits per heavy atom. The maximum atomic E-state index is 13.7. The van der Waals surface area contributed by atoms with Gasteiger partial charge in [-0.15, -0.1) is 0 Å². The van der Waals surface area contributed by atoms with Gasteiger partial charge in [0.05, 0.1) is 5.92 Å². The Kier molecular flexibility index (Phi) is 5.55. The van der Waals surface area contributed by atoms with Crippen molar-refractivity contribution in [1.82, 2.24) is 5.32 Å². The normalized spacial score (nSPS) is 25.8. The van der Waals surface area contributed by atoms with Crippen molar-refractivity contribution >= 4 is 5.91 Å². The molecule has 29 heavy (non-hydrogen) atoms. The van der Waals surface area contributed by atoms with Gasteiger partial charge in [0.25, 0.3) is 0 Å². The number of carbonyl (C=O) groups is 1. The molecule has 2 nitrogen and oxygen atoms in total. The van der Waals surface area contributed by atoms with Crippen LogP contribution in [0.1, 0.15) is 90.7 Å². The molecule has 0 bridgehead atoms. The first-order chi connectivity index (χ1) is 14.0. The molecule has 2 heteroatoms. The lowest BCUT2D eigenvalue weighted by Crippen LogP contribution is -2.39. The summed E-state index contributed by atoms with van der Waals surface area (Å²) in [5, 5.41) is 3.34. The number of amides is 1. The fourth-order valence-corrected chi connectivity index (χ4v) is 6.29. The van der Waals surface area contributed by atoms with Crippen LogP contribution in [0, 0.1) is 26.2 Å². The molecule has 4 rings (SSSR count). The summed E-state index contributed by atoms with van der Waals surface area (Å²) >= 11 is 0. The Morgan fingerprint density at radius 2 is 1.90 bits per heavy atom. The topological polar surface area (TPSA) is 29.1 Å². The minimum absolute atomic E-state index is 0.0162. The molecule has 2 unspecified atom stereocenters. The summed E-state index contributed by atoms with van der Waals surface area (Å²) in [6.07, 6.45) is 7.31. The van der Waals surface area contributed by atoms with Gasteiger partial charge in [-0.3, -0.25) is 4.79 Å². The van der Waals surface area contributed by atoms with E-state index in [1.54, 1.807) is 0 Å². The van der Waals surface area contributed by atoms with Crippen LogP contribution in [0.15, 0.2) is 36.4 Å². The maximum absolute atomic E-state index is 13.7. The van der Waals surface area contributed by atoms with Gasteiger partial charge in [-0.05, 0) is 79.2 Å². The van der Waals surface area contributed by atoms with Crippen molar-refractivity contribution < 1.29 is 4.79 Å². The molecule has 2 aromatic carbocycles. The highest BCUT2D eigenvalue weighted by atomic mass is 16.1. The van der Waals surface area contributed by atoms with Gasteiger partial charge < -0.3 is 5.32 Å². The van der Waals surface area contributed by atoms with Gasteiger partial charge in [0.1, 0.15) is 0 Å². The fourth-order valence-electron chi connectivity index (χ4n) is 6.29. The quantitative estimate of drug-likeness (QED) is 0.638. The lowest BCUT2D eigenvalue weighted by molar-refractivity contribution is -0.126. The van der Waals surface area contributed by atoms with E-state index >= 15 is 0 Å². The zero-order valence-corrected chi connectivity index (χ0v) is 18.5. The number of nitrogens with one attached hydrogen (secondary N) is 1. The second-order valence-corrected chi connectivity index (χ2v) is 9.40. The van der Waals surface area contributed by atoms with E-state index in [0.29, 0.717) is 12.5 Å². The molecule has 0 saturated heterocycles. The van der Waals surface area contributed by atoms with E-state index < -0.39 is 0 Å². The maximum Gasteiger partial charge on any atom is 0.228 e. The summed E-state index contributed by atoms with van der Waals surface area (Å²) in [5.41, 5.74) is 7.90. The summed E-state index contributed by atoms with van der Waals surface area (Å²) in [6.45, 7) is 9.37. The number of benzene rings is 2. The average molecular weight is 390 g/mol. The second kappa shape index (κ2) is 7.97. The third-order valence-electron chi connectivity index (χ3n) is 7.80. The van der Waals surface area contributed by atoms with Crippen LogP contribution in [-0.4, -0.2) is 5.91 Å². The highest BCUT2D eigenvalue weighted by molar-refractivity contribution is 5.87. The first-order valence-electron chi connectivity index (χ1n) is 11.4. The average Bonchev–Trinajstić information content (AvgIpc) is 2.83. The van der Waals surface area contributed by atoms with Gasteiger partial charge in [0.2, 0.25) is 5.91 Å². The fraction of sp³-hybridized carbons (Fsp3) is 0.519. The number of aryl methyl sites for hydroxylation is 3. The lowest BCUT2D eigenvalue weighted by Gasteiger charge is -2.39. The van der Waals surface area contributed by atoms with E-state index in [-0.39, 0.29) is 17.2 Å². The van der Waals surface area contributed by atoms with Gasteiger partial charge in [0, 0.05) is 6.54 Å². The standard InChI is InChI=1S/C27H35NO/c1-5-27-15-8-6-7-12-23(27)22-11-9-10-19(3)24(22)25(27)26(29)28-17-21-14-13-18(2)16-20(21)4/h9-11,13-14,16,23,25H,5-8,12,15,17H2,1-4H3,(H,28,29)/t23?,25?,27-/m0/s1. The molecule has 1 saturated carbocycles. The number of hydrogen-bond donors (Lipinski definition) is 1. The predicted molar refractivity (Wildman–Crippen MR) is 120 cm³/mol. The van der Waals surface area contributed by atoms with Gasteiger partial charge in [-0.25, -0.2) is 0 Å². The molecular weight excluding hydrogens is 354 g/mol. The van der Waals surface area contributed by atoms with Crippen molar-refractivity contribution in [3.05, 3.63) is 69.8 Å². The number of hydrogen-bond acceptors (Lipinski definition) is 1. The third-order valence-corrected chi connectivity index (χ3v) is 7.80. The molecule has 1 N–H and O–H groups in total. The Balaban J connectivity index is 1.69. The summed E-state index contributed by atoms with van der Waals surface area (Å²) in [4.78, 5) is 13.7. The smallest absolute Gasteiger partial charge is 0.228 e. The van der Waals surface area contributed by atoms with Crippen molar-refractivity contribution in [3.63, 3.8) is 0 Å². The van der Waals surface area contributed by atoms with E-state index in [9.17, 15) is 4.79 Å². The summed E-state index contributed by atoms with van der Waals surface area (Å²) in [6, 6.07) is 13.2. The van der Waals surface area contributed by atoms with Gasteiger partial charge in [-0.2, -0.15) is 0 Å². The molecule has 0 radical (unpaired) electrons. The van der Waals surface area contributed by atoms with Crippen LogP contribution < -0.4 is 5.32 Å². The molecule has 2 aliphatic rings. The van der Waals surface area contributed by atoms with Crippen LogP contribution in [0.25, 0.3) is 0 Å². The highest BCUT2D eigenvalue weighted by Gasteiger charge is 2.55. The molecule has 0 heterocycles. The van der Waals surface area contributed by atoms with Crippen LogP contribution in [0.4, 0.5) is 0 Å². The molecule has 1 amide bonds. The minimum atomic E-state index is -0.0162. The van der Waals surface area contributed by atoms with E-state index in [4.69, 9.17) is 0 Å². The molecular formula is C27H35NO. The summed E-state index contributed by atoms with van der Waals surface area (Å²) in [5.74, 6) is 0.742. The minimum Gasteiger partial charge on any atom is -0.351 e. The summed E-state index contributed by atoms with van der Waals surface area (Å²) in [7, 11) is 0. The zero-order valence-electron chi connectivity index (χ0n) is 18.5. The molecule has 3 atom stereocenters. The Bertz CT molecular complexity index is 915. The lowest BCUT2D eigenvalue weighted by atomic mass is 9.65. The molecule has 0 spiro atoms. The monoisotopic (exact) mass is 389 g/mol. The van der Waals surface area contributed by atoms with E-state index in [0.717, 1.165) is 6.42 Å². The number of fused-ring (bicyclic) bond motifs is 3. The molecule has 0 aliphatic heterocycles. The van der Waals surface area contributed by atoms with Crippen LogP contribution in [0.3, 0.4) is 0 Å². The predicted octanol–water partition coefficient (Wildman–Crippen LogP) is 6.47. The Morgan fingerprint density at radius 3 is 2.66 bits per heavy atom. The van der Waals surface area contributed by atoms with Crippen LogP contribution in [0.2, 0.25) is 0 Å². The van der Waals surface area contributed by atoms with Crippen molar-refractivity contribution in [2.24, 2.45) is 5.41 Å². The van der Waals surface area contributed by atoms with Crippen LogP contribution >= 0.6 is 0 Å². The molecule has 154 valence electrons. The van der Waals surface area contributed by atoms with E-state index in [1.165, 1.54) is 65.5 Å². The van der Waals surface area contributed by atoms with Crippen LogP contribution in [0.5, 0.6) is 0 Å². The SMILES string of the molecule is CC[C@]12CCCCCC1c1cccc(C)c1C2C(=O)NCc1ccc(C)cc1C. The first-order valence-corrected chi connectivity index (χ1v) is 11.4. The number of carbonyl (C=O) groups excluding carboxylic acids is 1. The van der Waals surface area contributed by atoms with E-state index in [1.807, 2.05) is 0 Å². The van der Waals surface area contributed by atoms with Crippen LogP contribution in [-0.2, 0) is 11.3 Å². The first kappa shape index (κ1) is 20.2. The van der Waals surface area contributed by atoms with Crippen molar-refractivity contribution in [3.8, 4) is 0 Å². The molecule has 2 aromatic rings. The Labute approximate surface area is 176 Å². The largest absolute Gasteiger partial charge is 0.351 e. The molecule has 2 aliphatic carbocycles. The van der Waals surface area contributed by atoms with Gasteiger partial charge in [-0.1, -0.05) is 68.1 Å². The summed E-state index contributed by atoms with van der Waals surface area (Å²) < 4.78 is 0. The third kappa shape index (κ3) is 3.41. The van der Waals surface area contributed by atoms with Gasteiger partial charge >= 0.3 is 0 Å². The van der Waals surface area contributed by atoms with Gasteiger partial charge in [0.15, 0.2) is 0 Å². The van der Waals surface area contributed by atoms with Crippen molar-refractivity contribution in [1.29, 1.82) is 0 Å². The molecule has 0 aromatic heterocycles. The Hall–Kier alpha value is -2.09. The zero-order chi connectivity index (χ0) is 20.6.